The van der Waals surface area contributed by atoms with Crippen molar-refractivity contribution < 1.29 is 31.9 Å². The molecule has 28 heavy (non-hydrogen) atoms. The zero-order valence-electron chi connectivity index (χ0n) is 15.8. The van der Waals surface area contributed by atoms with Crippen LogP contribution >= 0.6 is 0 Å². The molecule has 2 N–H and O–H groups in total. The third kappa shape index (κ3) is 4.40. The molecule has 0 spiro atoms. The average molecular weight is 408 g/mol. The maximum atomic E-state index is 13.2. The summed E-state index contributed by atoms with van der Waals surface area (Å²) in [6, 6.07) is 1.20. The summed E-state index contributed by atoms with van der Waals surface area (Å²) in [5.74, 6) is -1.08. The molecule has 0 bridgehead atoms. The maximum Gasteiger partial charge on any atom is 0.433 e. The van der Waals surface area contributed by atoms with Gasteiger partial charge in [-0.1, -0.05) is 0 Å². The predicted octanol–water partition coefficient (Wildman–Crippen LogP) is 3.51. The number of anilines is 1. The summed E-state index contributed by atoms with van der Waals surface area (Å²) in [7, 11) is 0. The van der Waals surface area contributed by atoms with Crippen molar-refractivity contribution in [3.05, 3.63) is 17.3 Å². The number of nitrogens with one attached hydrogen (secondary N) is 1. The second kappa shape index (κ2) is 7.26. The molecule has 0 aliphatic rings. The van der Waals surface area contributed by atoms with E-state index in [0.717, 1.165) is 0 Å². The van der Waals surface area contributed by atoms with Crippen LogP contribution in [-0.2, 0) is 16.5 Å². The number of halogens is 5. The summed E-state index contributed by atoms with van der Waals surface area (Å²) in [6.45, 7) is 3.30. The molecule has 2 heterocycles. The summed E-state index contributed by atoms with van der Waals surface area (Å²) in [4.78, 5) is 20.0. The minimum absolute atomic E-state index is 0.105. The maximum absolute atomic E-state index is 13.2. The number of fused-ring (bicyclic) bond motifs is 1. The van der Waals surface area contributed by atoms with Gasteiger partial charge in [-0.2, -0.15) is 13.2 Å². The first-order chi connectivity index (χ1) is 12.7. The molecule has 6 nitrogen and oxygen atoms in total. The number of pyridine rings is 1. The number of amides is 1. The van der Waals surface area contributed by atoms with Crippen LogP contribution in [0.4, 0.5) is 27.9 Å². The lowest BCUT2D eigenvalue weighted by Crippen LogP contribution is -2.39. The lowest BCUT2D eigenvalue weighted by Gasteiger charge is -2.25. The molecular formula is C17H21F5N4O2. The molecule has 2 aromatic rings. The second-order valence-electron chi connectivity index (χ2n) is 7.65. The fourth-order valence-corrected chi connectivity index (χ4v) is 2.70. The molecule has 0 atom stereocenters. The van der Waals surface area contributed by atoms with Crippen LogP contribution in [0.3, 0.4) is 0 Å². The Hall–Kier alpha value is -2.30. The van der Waals surface area contributed by atoms with Crippen molar-refractivity contribution in [2.24, 2.45) is 0 Å². The molecule has 1 amide bonds. The van der Waals surface area contributed by atoms with Gasteiger partial charge >= 0.3 is 6.18 Å². The summed E-state index contributed by atoms with van der Waals surface area (Å²) in [6.07, 6.45) is -5.55. The molecule has 0 saturated carbocycles. The van der Waals surface area contributed by atoms with Gasteiger partial charge in [0.15, 0.2) is 5.65 Å². The largest absolute Gasteiger partial charge is 0.433 e. The summed E-state index contributed by atoms with van der Waals surface area (Å²) in [5, 5.41) is 11.9. The van der Waals surface area contributed by atoms with Gasteiger partial charge in [0.05, 0.1) is 6.42 Å². The molecule has 0 unspecified atom stereocenters. The number of aryl methyl sites for hydroxylation is 1. The first-order valence-corrected chi connectivity index (χ1v) is 8.34. The Morgan fingerprint density at radius 1 is 1.18 bits per heavy atom. The van der Waals surface area contributed by atoms with E-state index < -0.39 is 48.7 Å². The van der Waals surface area contributed by atoms with Crippen molar-refractivity contribution in [2.45, 2.75) is 51.4 Å². The van der Waals surface area contributed by atoms with Crippen LogP contribution < -0.4 is 5.32 Å². The molecule has 11 heteroatoms. The van der Waals surface area contributed by atoms with Crippen molar-refractivity contribution in [1.82, 2.24) is 14.5 Å². The third-order valence-electron chi connectivity index (χ3n) is 4.00. The highest BCUT2D eigenvalue weighted by Crippen LogP contribution is 2.34. The number of carbonyl (C=O) groups excluding carboxylic acids is 1. The lowest BCUT2D eigenvalue weighted by molar-refractivity contribution is -0.141. The Balaban J connectivity index is 2.56. The van der Waals surface area contributed by atoms with Crippen LogP contribution in [0.25, 0.3) is 11.2 Å². The number of aliphatic hydroxyl groups is 1. The van der Waals surface area contributed by atoms with Crippen LogP contribution in [0.2, 0.25) is 0 Å². The molecular weight excluding hydrogens is 387 g/mol. The van der Waals surface area contributed by atoms with Crippen LogP contribution in [0.5, 0.6) is 0 Å². The van der Waals surface area contributed by atoms with Crippen LogP contribution in [-0.4, -0.2) is 44.5 Å². The molecule has 0 radical (unpaired) electrons. The van der Waals surface area contributed by atoms with Crippen molar-refractivity contribution in [3.63, 3.8) is 0 Å². The van der Waals surface area contributed by atoms with Crippen molar-refractivity contribution in [3.8, 4) is 0 Å². The Morgan fingerprint density at radius 2 is 1.75 bits per heavy atom. The van der Waals surface area contributed by atoms with Crippen LogP contribution in [0.15, 0.2) is 6.07 Å². The number of carbonyl (C=O) groups is 1. The van der Waals surface area contributed by atoms with E-state index in [4.69, 9.17) is 0 Å². The number of nitrogens with zero attached hydrogens (tertiary/aromatic N) is 3. The fraction of sp³-hybridized carbons (Fsp3) is 0.588. The van der Waals surface area contributed by atoms with E-state index >= 15 is 0 Å². The van der Waals surface area contributed by atoms with Crippen LogP contribution in [0, 0.1) is 6.92 Å². The van der Waals surface area contributed by atoms with Gasteiger partial charge in [-0.15, -0.1) is 0 Å². The van der Waals surface area contributed by atoms with Crippen LogP contribution in [0.1, 0.15) is 38.4 Å². The predicted molar refractivity (Wildman–Crippen MR) is 92.4 cm³/mol. The van der Waals surface area contributed by atoms with E-state index in [1.165, 1.54) is 17.6 Å². The molecule has 2 rings (SSSR count). The van der Waals surface area contributed by atoms with Gasteiger partial charge in [-0.25, -0.2) is 18.7 Å². The molecule has 0 aliphatic carbocycles. The molecule has 0 aliphatic heterocycles. The van der Waals surface area contributed by atoms with E-state index in [1.807, 2.05) is 0 Å². The number of alkyl halides is 5. The summed E-state index contributed by atoms with van der Waals surface area (Å²) in [5.41, 5.74) is -4.51. The van der Waals surface area contributed by atoms with E-state index in [1.54, 1.807) is 20.8 Å². The zero-order valence-corrected chi connectivity index (χ0v) is 15.8. The topological polar surface area (TPSA) is 80.0 Å². The number of hydrogen-bond donors (Lipinski definition) is 2. The van der Waals surface area contributed by atoms with Crippen molar-refractivity contribution in [2.75, 3.05) is 18.7 Å². The molecule has 0 saturated heterocycles. The van der Waals surface area contributed by atoms with Crippen molar-refractivity contribution >= 4 is 23.0 Å². The number of rotatable bonds is 5. The first-order valence-electron chi connectivity index (χ1n) is 8.34. The minimum Gasteiger partial charge on any atom is -0.384 e. The monoisotopic (exact) mass is 408 g/mol. The highest BCUT2D eigenvalue weighted by atomic mass is 19.4. The molecule has 0 aromatic carbocycles. The Bertz CT molecular complexity index is 882. The Kier molecular flexibility index (Phi) is 5.71. The third-order valence-corrected chi connectivity index (χ3v) is 4.00. The smallest absolute Gasteiger partial charge is 0.384 e. The normalized spacial score (nSPS) is 13.2. The standard InChI is InChI=1S/C17H21F5N4O2/c1-9-5-10-13(25-12(9)17(20,21)22)26(15(2,3)4)14(23-10)24-11(27)6-16(28,7-18)8-19/h5,28H,6-8H2,1-4H3,(H,23,24,27). The van der Waals surface area contributed by atoms with Gasteiger partial charge in [-0.3, -0.25) is 14.7 Å². The van der Waals surface area contributed by atoms with E-state index in [-0.39, 0.29) is 22.7 Å². The number of hydrogen-bond acceptors (Lipinski definition) is 4. The molecule has 156 valence electrons. The van der Waals surface area contributed by atoms with E-state index in [9.17, 15) is 31.9 Å². The SMILES string of the molecule is Cc1cc2nc(NC(=O)CC(O)(CF)CF)n(C(C)(C)C)c2nc1C(F)(F)F. The Morgan fingerprint density at radius 3 is 2.21 bits per heavy atom. The van der Waals surface area contributed by atoms with Gasteiger partial charge in [0.25, 0.3) is 0 Å². The van der Waals surface area contributed by atoms with Gasteiger partial charge < -0.3 is 5.11 Å². The fourth-order valence-electron chi connectivity index (χ4n) is 2.70. The highest BCUT2D eigenvalue weighted by molar-refractivity contribution is 5.92. The summed E-state index contributed by atoms with van der Waals surface area (Å²) < 4.78 is 66.5. The van der Waals surface area contributed by atoms with E-state index in [2.05, 4.69) is 15.3 Å². The number of imidazole rings is 1. The molecule has 2 aromatic heterocycles. The van der Waals surface area contributed by atoms with Gasteiger partial charge in [0.2, 0.25) is 11.9 Å². The lowest BCUT2D eigenvalue weighted by atomic mass is 10.0. The van der Waals surface area contributed by atoms with Crippen molar-refractivity contribution in [1.29, 1.82) is 0 Å². The first kappa shape index (κ1) is 22.0. The Labute approximate surface area is 157 Å². The van der Waals surface area contributed by atoms with Gasteiger partial charge in [0.1, 0.15) is 30.2 Å². The summed E-state index contributed by atoms with van der Waals surface area (Å²) >= 11 is 0. The van der Waals surface area contributed by atoms with E-state index in [0.29, 0.717) is 0 Å². The van der Waals surface area contributed by atoms with Gasteiger partial charge in [-0.05, 0) is 39.3 Å². The van der Waals surface area contributed by atoms with Gasteiger partial charge in [0, 0.05) is 5.54 Å². The molecule has 0 fully saturated rings. The second-order valence-corrected chi connectivity index (χ2v) is 7.65. The average Bonchev–Trinajstić information content (AvgIpc) is 2.89. The zero-order chi connectivity index (χ0) is 21.5. The highest BCUT2D eigenvalue weighted by Gasteiger charge is 2.36. The minimum atomic E-state index is -4.67. The quantitative estimate of drug-likeness (QED) is 0.742. The number of aromatic nitrogens is 3.